The summed E-state index contributed by atoms with van der Waals surface area (Å²) in [7, 11) is 0. The van der Waals surface area contributed by atoms with Gasteiger partial charge in [-0.15, -0.1) is 0 Å². The molecule has 0 aliphatic carbocycles. The van der Waals surface area contributed by atoms with Crippen LogP contribution in [0.4, 0.5) is 13.6 Å². The van der Waals surface area contributed by atoms with Crippen molar-refractivity contribution < 1.29 is 18.3 Å². The Morgan fingerprint density at radius 1 is 1.28 bits per heavy atom. The summed E-state index contributed by atoms with van der Waals surface area (Å²) in [4.78, 5) is 14.1. The maximum absolute atomic E-state index is 14.2. The van der Waals surface area contributed by atoms with Crippen LogP contribution in [-0.4, -0.2) is 32.4 Å². The molecule has 0 radical (unpaired) electrons. The summed E-state index contributed by atoms with van der Waals surface area (Å²) in [5.74, 6) is -1.29. The Kier molecular flexibility index (Phi) is 4.26. The lowest BCUT2D eigenvalue weighted by Crippen LogP contribution is -2.47. The Labute approximate surface area is 145 Å². The SMILES string of the molecule is CC1Cn2ncc(-c3ccc(F)cc3F)c2CN1C(=O)OC(C)(C)C. The third-order valence-electron chi connectivity index (χ3n) is 4.09. The number of carbonyl (C=O) groups is 1. The van der Waals surface area contributed by atoms with Crippen molar-refractivity contribution in [3.8, 4) is 11.1 Å². The van der Waals surface area contributed by atoms with Gasteiger partial charge in [-0.2, -0.15) is 5.10 Å². The predicted octanol–water partition coefficient (Wildman–Crippen LogP) is 3.97. The molecule has 1 aliphatic heterocycles. The van der Waals surface area contributed by atoms with Gasteiger partial charge in [0.1, 0.15) is 17.2 Å². The number of nitrogens with zero attached hydrogens (tertiary/aromatic N) is 3. The summed E-state index contributed by atoms with van der Waals surface area (Å²) in [6.45, 7) is 8.07. The highest BCUT2D eigenvalue weighted by Crippen LogP contribution is 2.31. The van der Waals surface area contributed by atoms with E-state index in [4.69, 9.17) is 4.74 Å². The molecule has 1 unspecified atom stereocenters. The molecule has 1 aromatic heterocycles. The van der Waals surface area contributed by atoms with E-state index in [-0.39, 0.29) is 18.2 Å². The number of amides is 1. The molecule has 0 saturated carbocycles. The van der Waals surface area contributed by atoms with Gasteiger partial charge >= 0.3 is 6.09 Å². The van der Waals surface area contributed by atoms with Crippen molar-refractivity contribution in [3.05, 3.63) is 41.7 Å². The number of benzene rings is 1. The van der Waals surface area contributed by atoms with Crippen LogP contribution in [0.2, 0.25) is 0 Å². The van der Waals surface area contributed by atoms with Gasteiger partial charge in [0, 0.05) is 17.2 Å². The van der Waals surface area contributed by atoms with Crippen LogP contribution in [0.5, 0.6) is 0 Å². The van der Waals surface area contributed by atoms with E-state index in [1.54, 1.807) is 15.8 Å². The first-order valence-electron chi connectivity index (χ1n) is 8.15. The maximum Gasteiger partial charge on any atom is 0.410 e. The standard InChI is InChI=1S/C18H21F2N3O2/c1-11-9-23-16(10-22(11)17(24)25-18(2,3)4)14(8-21-23)13-6-5-12(19)7-15(13)20/h5-8,11H,9-10H2,1-4H3. The topological polar surface area (TPSA) is 47.4 Å². The molecule has 3 rings (SSSR count). The lowest BCUT2D eigenvalue weighted by Gasteiger charge is -2.35. The number of fused-ring (bicyclic) bond motifs is 1. The zero-order valence-corrected chi connectivity index (χ0v) is 14.7. The van der Waals surface area contributed by atoms with E-state index in [0.717, 1.165) is 6.07 Å². The highest BCUT2D eigenvalue weighted by molar-refractivity contribution is 5.71. The Balaban J connectivity index is 1.94. The van der Waals surface area contributed by atoms with Crippen molar-refractivity contribution in [2.24, 2.45) is 0 Å². The highest BCUT2D eigenvalue weighted by Gasteiger charge is 2.32. The van der Waals surface area contributed by atoms with Crippen LogP contribution in [0.3, 0.4) is 0 Å². The van der Waals surface area contributed by atoms with Crippen LogP contribution in [-0.2, 0) is 17.8 Å². The molecule has 2 heterocycles. The largest absolute Gasteiger partial charge is 0.444 e. The van der Waals surface area contributed by atoms with E-state index in [2.05, 4.69) is 5.10 Å². The average molecular weight is 349 g/mol. The van der Waals surface area contributed by atoms with E-state index in [0.29, 0.717) is 17.8 Å². The van der Waals surface area contributed by atoms with E-state index in [1.807, 2.05) is 27.7 Å². The van der Waals surface area contributed by atoms with Crippen molar-refractivity contribution >= 4 is 6.09 Å². The van der Waals surface area contributed by atoms with Gasteiger partial charge in [-0.05, 0) is 39.8 Å². The summed E-state index contributed by atoms with van der Waals surface area (Å²) < 4.78 is 34.5. The minimum Gasteiger partial charge on any atom is -0.444 e. The van der Waals surface area contributed by atoms with Crippen LogP contribution in [0, 0.1) is 11.6 Å². The molecule has 1 amide bonds. The van der Waals surface area contributed by atoms with Crippen LogP contribution in [0.25, 0.3) is 11.1 Å². The summed E-state index contributed by atoms with van der Waals surface area (Å²) in [5, 5.41) is 4.29. The molecule has 1 aromatic carbocycles. The van der Waals surface area contributed by atoms with Gasteiger partial charge in [0.15, 0.2) is 0 Å². The molecule has 7 heteroatoms. The van der Waals surface area contributed by atoms with Gasteiger partial charge in [-0.1, -0.05) is 0 Å². The van der Waals surface area contributed by atoms with Gasteiger partial charge in [0.25, 0.3) is 0 Å². The van der Waals surface area contributed by atoms with Gasteiger partial charge < -0.3 is 4.74 Å². The summed E-state index contributed by atoms with van der Waals surface area (Å²) in [5.41, 5.74) is 0.925. The molecule has 0 N–H and O–H groups in total. The van der Waals surface area contributed by atoms with Crippen LogP contribution < -0.4 is 0 Å². The molecule has 1 aliphatic rings. The first-order chi connectivity index (χ1) is 11.7. The van der Waals surface area contributed by atoms with E-state index >= 15 is 0 Å². The molecule has 2 aromatic rings. The Morgan fingerprint density at radius 3 is 2.64 bits per heavy atom. The molecule has 1 atom stereocenters. The van der Waals surface area contributed by atoms with Gasteiger partial charge in [0.05, 0.1) is 31.0 Å². The van der Waals surface area contributed by atoms with E-state index in [9.17, 15) is 13.6 Å². The molecule has 0 fully saturated rings. The van der Waals surface area contributed by atoms with E-state index in [1.165, 1.54) is 12.1 Å². The predicted molar refractivity (Wildman–Crippen MR) is 88.8 cm³/mol. The van der Waals surface area contributed by atoms with Gasteiger partial charge in [-0.3, -0.25) is 9.58 Å². The third kappa shape index (κ3) is 3.50. The first-order valence-corrected chi connectivity index (χ1v) is 8.15. The Bertz CT molecular complexity index is 811. The molecular formula is C18H21F2N3O2. The summed E-state index contributed by atoms with van der Waals surface area (Å²) >= 11 is 0. The van der Waals surface area contributed by atoms with E-state index < -0.39 is 23.3 Å². The first kappa shape index (κ1) is 17.4. The van der Waals surface area contributed by atoms with Crippen LogP contribution in [0.1, 0.15) is 33.4 Å². The summed E-state index contributed by atoms with van der Waals surface area (Å²) in [6.07, 6.45) is 1.13. The van der Waals surface area contributed by atoms with Crippen molar-refractivity contribution in [1.82, 2.24) is 14.7 Å². The third-order valence-corrected chi connectivity index (χ3v) is 4.09. The average Bonchev–Trinajstić information content (AvgIpc) is 2.87. The number of halogens is 2. The number of hydrogen-bond donors (Lipinski definition) is 0. The zero-order chi connectivity index (χ0) is 18.4. The molecule has 25 heavy (non-hydrogen) atoms. The number of carbonyl (C=O) groups excluding carboxylic acids is 1. The minimum absolute atomic E-state index is 0.104. The van der Waals surface area contributed by atoms with Crippen LogP contribution in [0.15, 0.2) is 24.4 Å². The van der Waals surface area contributed by atoms with Crippen LogP contribution >= 0.6 is 0 Å². The fourth-order valence-corrected chi connectivity index (χ4v) is 2.90. The molecule has 0 bridgehead atoms. The Morgan fingerprint density at radius 2 is 2.00 bits per heavy atom. The normalized spacial score (nSPS) is 17.4. The minimum atomic E-state index is -0.654. The molecule has 134 valence electrons. The fourth-order valence-electron chi connectivity index (χ4n) is 2.90. The molecule has 0 saturated heterocycles. The number of ether oxygens (including phenoxy) is 1. The number of aromatic nitrogens is 2. The lowest BCUT2D eigenvalue weighted by molar-refractivity contribution is 0.00913. The zero-order valence-electron chi connectivity index (χ0n) is 14.7. The molecular weight excluding hydrogens is 328 g/mol. The smallest absolute Gasteiger partial charge is 0.410 e. The number of hydrogen-bond acceptors (Lipinski definition) is 3. The van der Waals surface area contributed by atoms with Crippen molar-refractivity contribution in [2.75, 3.05) is 0 Å². The van der Waals surface area contributed by atoms with Crippen molar-refractivity contribution in [3.63, 3.8) is 0 Å². The quantitative estimate of drug-likeness (QED) is 0.783. The fraction of sp³-hybridized carbons (Fsp3) is 0.444. The second-order valence-corrected chi connectivity index (χ2v) is 7.27. The summed E-state index contributed by atoms with van der Waals surface area (Å²) in [6, 6.07) is 3.34. The Hall–Kier alpha value is -2.44. The van der Waals surface area contributed by atoms with Gasteiger partial charge in [-0.25, -0.2) is 13.6 Å². The second kappa shape index (κ2) is 6.13. The molecule has 5 nitrogen and oxygen atoms in total. The lowest BCUT2D eigenvalue weighted by atomic mass is 10.0. The molecule has 0 spiro atoms. The van der Waals surface area contributed by atoms with Gasteiger partial charge in [0.2, 0.25) is 0 Å². The number of rotatable bonds is 1. The van der Waals surface area contributed by atoms with Crippen molar-refractivity contribution in [1.29, 1.82) is 0 Å². The second-order valence-electron chi connectivity index (χ2n) is 7.27. The highest BCUT2D eigenvalue weighted by atomic mass is 19.1. The maximum atomic E-state index is 14.2. The monoisotopic (exact) mass is 349 g/mol. The van der Waals surface area contributed by atoms with Crippen molar-refractivity contribution in [2.45, 2.75) is 52.4 Å².